The molecule has 1 aliphatic rings. The third-order valence-corrected chi connectivity index (χ3v) is 4.53. The number of nitrogens with zero attached hydrogens (tertiary/aromatic N) is 2. The minimum atomic E-state index is 0.729. The molecule has 0 fully saturated rings. The van der Waals surface area contributed by atoms with E-state index in [1.54, 1.807) is 17.7 Å². The van der Waals surface area contributed by atoms with Gasteiger partial charge in [-0.2, -0.15) is 0 Å². The molecule has 2 heterocycles. The predicted molar refractivity (Wildman–Crippen MR) is 64.2 cm³/mol. The Hall–Kier alpha value is -0.740. The smallest absolute Gasteiger partial charge is 0.125 e. The minimum Gasteiger partial charge on any atom is -0.759 e. The molecule has 1 aliphatic carbocycles. The van der Waals surface area contributed by atoms with Crippen molar-refractivity contribution < 1.29 is 0 Å². The molecule has 78 valence electrons. The fraction of sp³-hybridized carbons (Fsp3) is 0.455. The molecule has 0 bridgehead atoms. The lowest BCUT2D eigenvalue weighted by atomic mass is 9.89. The van der Waals surface area contributed by atoms with Crippen molar-refractivity contribution in [1.82, 2.24) is 9.97 Å². The Kier molecular flexibility index (Phi) is 2.14. The lowest BCUT2D eigenvalue weighted by Gasteiger charge is -2.18. The van der Waals surface area contributed by atoms with Gasteiger partial charge in [0.2, 0.25) is 0 Å². The second kappa shape index (κ2) is 3.39. The zero-order chi connectivity index (χ0) is 10.4. The summed E-state index contributed by atoms with van der Waals surface area (Å²) in [5.74, 6) is 0.798. The number of hydrogen-bond acceptors (Lipinski definition) is 4. The Balaban J connectivity index is 2.29. The van der Waals surface area contributed by atoms with E-state index >= 15 is 0 Å². The fourth-order valence-corrected chi connectivity index (χ4v) is 3.93. The van der Waals surface area contributed by atoms with Gasteiger partial charge in [-0.05, 0) is 30.7 Å². The molecule has 2 aromatic rings. The summed E-state index contributed by atoms with van der Waals surface area (Å²) in [7, 11) is 0. The minimum absolute atomic E-state index is 0.729. The molecular weight excluding hydrogens is 224 g/mol. The van der Waals surface area contributed by atoms with Crippen LogP contribution in [0.5, 0.6) is 0 Å². The van der Waals surface area contributed by atoms with Gasteiger partial charge in [-0.25, -0.2) is 4.98 Å². The van der Waals surface area contributed by atoms with Crippen molar-refractivity contribution in [3.63, 3.8) is 0 Å². The van der Waals surface area contributed by atoms with E-state index in [1.165, 1.54) is 23.3 Å². The highest BCUT2D eigenvalue weighted by molar-refractivity contribution is 7.59. The largest absolute Gasteiger partial charge is 0.759 e. The highest BCUT2D eigenvalue weighted by Gasteiger charge is 2.20. The molecule has 0 aromatic carbocycles. The van der Waals surface area contributed by atoms with Crippen molar-refractivity contribution in [2.45, 2.75) is 31.2 Å². The van der Waals surface area contributed by atoms with Crippen molar-refractivity contribution in [1.29, 1.82) is 0 Å². The van der Waals surface area contributed by atoms with Gasteiger partial charge in [0.15, 0.2) is 0 Å². The van der Waals surface area contributed by atoms with E-state index in [9.17, 15) is 0 Å². The summed E-state index contributed by atoms with van der Waals surface area (Å²) in [4.78, 5) is 11.0. The Bertz CT molecular complexity index is 519. The first kappa shape index (κ1) is 9.48. The molecule has 0 spiro atoms. The number of fused-ring (bicyclic) bond motifs is 3. The molecule has 0 N–H and O–H groups in total. The average Bonchev–Trinajstić information content (AvgIpc) is 2.56. The number of rotatable bonds is 0. The maximum atomic E-state index is 5.28. The summed E-state index contributed by atoms with van der Waals surface area (Å²) in [5, 5.41) is 1.88. The zero-order valence-corrected chi connectivity index (χ0v) is 10.1. The maximum absolute atomic E-state index is 5.28. The number of aromatic nitrogens is 2. The van der Waals surface area contributed by atoms with Crippen LogP contribution in [-0.2, 0) is 25.5 Å². The van der Waals surface area contributed by atoms with Crippen LogP contribution in [-0.4, -0.2) is 9.97 Å². The van der Waals surface area contributed by atoms with Crippen molar-refractivity contribution in [2.24, 2.45) is 5.92 Å². The Labute approximate surface area is 98.2 Å². The van der Waals surface area contributed by atoms with Gasteiger partial charge in [-0.1, -0.05) is 11.9 Å². The van der Waals surface area contributed by atoms with Crippen molar-refractivity contribution in [3.8, 4) is 0 Å². The van der Waals surface area contributed by atoms with Crippen LogP contribution in [0.15, 0.2) is 11.4 Å². The van der Waals surface area contributed by atoms with Gasteiger partial charge in [-0.15, -0.1) is 11.3 Å². The van der Waals surface area contributed by atoms with Gasteiger partial charge in [0.05, 0.1) is 0 Å². The molecule has 0 unspecified atom stereocenters. The molecule has 0 amide bonds. The van der Waals surface area contributed by atoms with E-state index in [0.717, 1.165) is 27.6 Å². The number of hydrogen-bond donors (Lipinski definition) is 0. The van der Waals surface area contributed by atoms with E-state index < -0.39 is 0 Å². The van der Waals surface area contributed by atoms with Crippen LogP contribution in [0.4, 0.5) is 0 Å². The molecule has 0 aliphatic heterocycles. The highest BCUT2D eigenvalue weighted by Crippen LogP contribution is 2.37. The van der Waals surface area contributed by atoms with Gasteiger partial charge >= 0.3 is 0 Å². The second-order valence-electron chi connectivity index (χ2n) is 4.21. The molecule has 3 rings (SSSR count). The van der Waals surface area contributed by atoms with E-state index in [1.807, 2.05) is 0 Å². The second-order valence-corrected chi connectivity index (χ2v) is 5.68. The molecule has 0 saturated carbocycles. The molecular formula is C11H11N2S2-. The van der Waals surface area contributed by atoms with Crippen LogP contribution in [0.3, 0.4) is 0 Å². The summed E-state index contributed by atoms with van der Waals surface area (Å²) in [6.45, 7) is 2.31. The van der Waals surface area contributed by atoms with Gasteiger partial charge in [0.1, 0.15) is 11.2 Å². The van der Waals surface area contributed by atoms with Crippen molar-refractivity contribution >= 4 is 34.2 Å². The van der Waals surface area contributed by atoms with Crippen molar-refractivity contribution in [3.05, 3.63) is 16.8 Å². The van der Waals surface area contributed by atoms with Crippen LogP contribution in [0.2, 0.25) is 0 Å². The number of thiophene rings is 1. The highest BCUT2D eigenvalue weighted by atomic mass is 32.1. The van der Waals surface area contributed by atoms with Gasteiger partial charge < -0.3 is 12.6 Å². The SMILES string of the molecule is C[C@H]1CCc2c(sc3ncnc([S-])c23)C1. The van der Waals surface area contributed by atoms with E-state index in [4.69, 9.17) is 12.6 Å². The quantitative estimate of drug-likeness (QED) is 0.518. The van der Waals surface area contributed by atoms with Crippen molar-refractivity contribution in [2.75, 3.05) is 0 Å². The fourth-order valence-electron chi connectivity index (χ4n) is 2.25. The Morgan fingerprint density at radius 3 is 3.20 bits per heavy atom. The number of aryl methyl sites for hydroxylation is 1. The molecule has 4 heteroatoms. The first-order valence-electron chi connectivity index (χ1n) is 5.18. The first-order chi connectivity index (χ1) is 7.25. The standard InChI is InChI=1S/C11H12N2S2/c1-6-2-3-7-8(4-6)15-11-9(7)10(14)12-5-13-11/h5-6H,2-4H2,1H3,(H,12,13,14)/p-1/t6-/m0/s1. The van der Waals surface area contributed by atoms with E-state index in [0.29, 0.717) is 0 Å². The van der Waals surface area contributed by atoms with Gasteiger partial charge in [0, 0.05) is 10.3 Å². The molecule has 15 heavy (non-hydrogen) atoms. The van der Waals surface area contributed by atoms with Crippen LogP contribution < -0.4 is 0 Å². The van der Waals surface area contributed by atoms with E-state index in [-0.39, 0.29) is 0 Å². The van der Waals surface area contributed by atoms with E-state index in [2.05, 4.69) is 16.9 Å². The topological polar surface area (TPSA) is 25.8 Å². The molecule has 0 radical (unpaired) electrons. The molecule has 2 nitrogen and oxygen atoms in total. The maximum Gasteiger partial charge on any atom is 0.125 e. The monoisotopic (exact) mass is 235 g/mol. The normalized spacial score (nSPS) is 20.5. The third kappa shape index (κ3) is 1.43. The van der Waals surface area contributed by atoms with Crippen LogP contribution in [0.25, 0.3) is 10.2 Å². The molecule has 0 saturated heterocycles. The Morgan fingerprint density at radius 2 is 2.33 bits per heavy atom. The summed E-state index contributed by atoms with van der Waals surface area (Å²) in [5.41, 5.74) is 1.43. The van der Waals surface area contributed by atoms with Gasteiger partial charge in [0.25, 0.3) is 0 Å². The van der Waals surface area contributed by atoms with Crippen LogP contribution in [0.1, 0.15) is 23.8 Å². The molecule has 2 aromatic heterocycles. The third-order valence-electron chi connectivity index (χ3n) is 3.06. The lowest BCUT2D eigenvalue weighted by Crippen LogP contribution is -2.08. The lowest BCUT2D eigenvalue weighted by molar-refractivity contribution is 0.509. The average molecular weight is 235 g/mol. The summed E-state index contributed by atoms with van der Waals surface area (Å²) < 4.78 is 0. The van der Waals surface area contributed by atoms with Gasteiger partial charge in [-0.3, -0.25) is 4.98 Å². The molecule has 1 atom stereocenters. The predicted octanol–water partition coefficient (Wildman–Crippen LogP) is 2.72. The first-order valence-corrected chi connectivity index (χ1v) is 6.40. The Morgan fingerprint density at radius 1 is 1.47 bits per heavy atom. The summed E-state index contributed by atoms with van der Waals surface area (Å²) >= 11 is 7.08. The summed E-state index contributed by atoms with van der Waals surface area (Å²) in [6.07, 6.45) is 5.18. The van der Waals surface area contributed by atoms with Crippen LogP contribution >= 0.6 is 11.3 Å². The van der Waals surface area contributed by atoms with Crippen LogP contribution in [0, 0.1) is 5.92 Å². The summed E-state index contributed by atoms with van der Waals surface area (Å²) in [6, 6.07) is 0. The zero-order valence-electron chi connectivity index (χ0n) is 8.49.